The number of halogens is 1. The topological polar surface area (TPSA) is 34.0 Å². The summed E-state index contributed by atoms with van der Waals surface area (Å²) in [6, 6.07) is 15.3. The third kappa shape index (κ3) is 4.21. The molecular weight excluding hydrogens is 339 g/mol. The zero-order valence-electron chi connectivity index (χ0n) is 15.5. The monoisotopic (exact) mass is 364 g/mol. The summed E-state index contributed by atoms with van der Waals surface area (Å²) < 4.78 is 15.3. The normalized spacial score (nSPS) is 14.7. The van der Waals surface area contributed by atoms with Gasteiger partial charge in [0.25, 0.3) is 0 Å². The van der Waals surface area contributed by atoms with Gasteiger partial charge in [-0.15, -0.1) is 0 Å². The number of hydrogen-bond donors (Lipinski definition) is 1. The molecule has 0 bridgehead atoms. The molecule has 3 nitrogen and oxygen atoms in total. The number of amides is 1. The summed E-state index contributed by atoms with van der Waals surface area (Å²) in [5, 5.41) is 4.36. The van der Waals surface area contributed by atoms with Gasteiger partial charge in [-0.25, -0.2) is 4.39 Å². The molecule has 27 heavy (non-hydrogen) atoms. The highest BCUT2D eigenvalue weighted by atomic mass is 19.1. The van der Waals surface area contributed by atoms with Crippen LogP contribution < -0.4 is 5.32 Å². The van der Waals surface area contributed by atoms with E-state index in [4.69, 9.17) is 0 Å². The predicted octanol–water partition coefficient (Wildman–Crippen LogP) is 4.82. The highest BCUT2D eigenvalue weighted by molar-refractivity contribution is 5.85. The Labute approximate surface area is 159 Å². The van der Waals surface area contributed by atoms with Crippen LogP contribution in [-0.4, -0.2) is 16.5 Å². The van der Waals surface area contributed by atoms with Gasteiger partial charge in [-0.05, 0) is 48.6 Å². The number of aromatic nitrogens is 1. The van der Waals surface area contributed by atoms with E-state index in [-0.39, 0.29) is 11.7 Å². The molecule has 0 atom stereocenters. The van der Waals surface area contributed by atoms with Crippen LogP contribution in [0.15, 0.2) is 54.7 Å². The first-order chi connectivity index (χ1) is 13.2. The lowest BCUT2D eigenvalue weighted by Gasteiger charge is -2.11. The van der Waals surface area contributed by atoms with E-state index in [1.54, 1.807) is 0 Å². The van der Waals surface area contributed by atoms with Gasteiger partial charge in [-0.1, -0.05) is 43.2 Å². The second-order valence-electron chi connectivity index (χ2n) is 7.47. The molecule has 3 aromatic rings. The van der Waals surface area contributed by atoms with Gasteiger partial charge in [0.15, 0.2) is 0 Å². The van der Waals surface area contributed by atoms with E-state index >= 15 is 0 Å². The third-order valence-corrected chi connectivity index (χ3v) is 5.48. The van der Waals surface area contributed by atoms with Crippen molar-refractivity contribution in [3.05, 3.63) is 71.7 Å². The van der Waals surface area contributed by atoms with E-state index in [0.717, 1.165) is 30.3 Å². The second kappa shape index (κ2) is 7.95. The van der Waals surface area contributed by atoms with Crippen LogP contribution in [0.4, 0.5) is 4.39 Å². The van der Waals surface area contributed by atoms with E-state index in [1.807, 2.05) is 24.3 Å². The first-order valence-electron chi connectivity index (χ1n) is 9.79. The molecule has 1 saturated carbocycles. The number of aryl methyl sites for hydroxylation is 1. The number of nitrogens with one attached hydrogen (secondary N) is 1. The number of hydrogen-bond acceptors (Lipinski definition) is 1. The Morgan fingerprint density at radius 2 is 1.81 bits per heavy atom. The van der Waals surface area contributed by atoms with Crippen molar-refractivity contribution in [2.75, 3.05) is 0 Å². The molecule has 0 aliphatic heterocycles. The Bertz CT molecular complexity index is 923. The SMILES string of the molecule is O=C(CCc1cn(Cc2ccc(F)cc2)c2ccccc12)NC1CCCC1. The fourth-order valence-corrected chi connectivity index (χ4v) is 4.06. The van der Waals surface area contributed by atoms with Crippen molar-refractivity contribution in [2.45, 2.75) is 51.1 Å². The van der Waals surface area contributed by atoms with Gasteiger partial charge in [-0.3, -0.25) is 4.79 Å². The van der Waals surface area contributed by atoms with E-state index in [1.165, 1.54) is 35.9 Å². The molecule has 0 spiro atoms. The summed E-state index contributed by atoms with van der Waals surface area (Å²) in [7, 11) is 0. The van der Waals surface area contributed by atoms with Crippen LogP contribution in [0.25, 0.3) is 10.9 Å². The van der Waals surface area contributed by atoms with Crippen molar-refractivity contribution in [1.82, 2.24) is 9.88 Å². The fourth-order valence-electron chi connectivity index (χ4n) is 4.06. The largest absolute Gasteiger partial charge is 0.353 e. The summed E-state index contributed by atoms with van der Waals surface area (Å²) in [6.45, 7) is 0.690. The molecule has 2 aromatic carbocycles. The predicted molar refractivity (Wildman–Crippen MR) is 106 cm³/mol. The molecule has 1 aliphatic rings. The minimum absolute atomic E-state index is 0.150. The first kappa shape index (κ1) is 17.8. The second-order valence-corrected chi connectivity index (χ2v) is 7.47. The number of para-hydroxylation sites is 1. The summed E-state index contributed by atoms with van der Waals surface area (Å²) in [5.41, 5.74) is 3.39. The lowest BCUT2D eigenvalue weighted by molar-refractivity contribution is -0.121. The molecule has 0 saturated heterocycles. The van der Waals surface area contributed by atoms with Crippen LogP contribution >= 0.6 is 0 Å². The van der Waals surface area contributed by atoms with E-state index in [0.29, 0.717) is 19.0 Å². The maximum Gasteiger partial charge on any atom is 0.220 e. The van der Waals surface area contributed by atoms with Gasteiger partial charge in [0.2, 0.25) is 5.91 Å². The maximum absolute atomic E-state index is 13.2. The number of carbonyl (C=O) groups excluding carboxylic acids is 1. The summed E-state index contributed by atoms with van der Waals surface area (Å²) in [5.74, 6) is -0.0673. The van der Waals surface area contributed by atoms with Crippen LogP contribution in [0, 0.1) is 5.82 Å². The molecule has 1 aliphatic carbocycles. The zero-order valence-corrected chi connectivity index (χ0v) is 15.5. The molecule has 4 rings (SSSR count). The number of fused-ring (bicyclic) bond motifs is 1. The Balaban J connectivity index is 1.49. The van der Waals surface area contributed by atoms with E-state index < -0.39 is 0 Å². The number of carbonyl (C=O) groups is 1. The van der Waals surface area contributed by atoms with Crippen molar-refractivity contribution < 1.29 is 9.18 Å². The first-order valence-corrected chi connectivity index (χ1v) is 9.79. The highest BCUT2D eigenvalue weighted by Gasteiger charge is 2.17. The minimum Gasteiger partial charge on any atom is -0.353 e. The van der Waals surface area contributed by atoms with E-state index in [2.05, 4.69) is 28.2 Å². The average molecular weight is 364 g/mol. The number of nitrogens with zero attached hydrogens (tertiary/aromatic N) is 1. The number of benzene rings is 2. The quantitative estimate of drug-likeness (QED) is 0.668. The zero-order chi connectivity index (χ0) is 18.6. The number of rotatable bonds is 6. The lowest BCUT2D eigenvalue weighted by Crippen LogP contribution is -2.32. The molecule has 1 fully saturated rings. The van der Waals surface area contributed by atoms with Crippen LogP contribution in [0.3, 0.4) is 0 Å². The van der Waals surface area contributed by atoms with Crippen molar-refractivity contribution in [1.29, 1.82) is 0 Å². The molecule has 1 aromatic heterocycles. The molecule has 1 N–H and O–H groups in total. The van der Waals surface area contributed by atoms with Gasteiger partial charge >= 0.3 is 0 Å². The summed E-state index contributed by atoms with van der Waals surface area (Å²) in [4.78, 5) is 12.3. The van der Waals surface area contributed by atoms with Gasteiger partial charge in [0.1, 0.15) is 5.82 Å². The molecule has 0 radical (unpaired) electrons. The Hall–Kier alpha value is -2.62. The Kier molecular flexibility index (Phi) is 5.23. The van der Waals surface area contributed by atoms with E-state index in [9.17, 15) is 9.18 Å². The minimum atomic E-state index is -0.218. The van der Waals surface area contributed by atoms with Crippen molar-refractivity contribution >= 4 is 16.8 Å². The van der Waals surface area contributed by atoms with Crippen LogP contribution in [0.1, 0.15) is 43.2 Å². The van der Waals surface area contributed by atoms with Crippen molar-refractivity contribution in [3.63, 3.8) is 0 Å². The molecule has 0 unspecified atom stereocenters. The Morgan fingerprint density at radius 1 is 1.07 bits per heavy atom. The van der Waals surface area contributed by atoms with Crippen LogP contribution in [0.2, 0.25) is 0 Å². The summed E-state index contributed by atoms with van der Waals surface area (Å²) >= 11 is 0. The molecule has 1 heterocycles. The Morgan fingerprint density at radius 3 is 2.59 bits per heavy atom. The fraction of sp³-hybridized carbons (Fsp3) is 0.348. The van der Waals surface area contributed by atoms with Gasteiger partial charge in [0.05, 0.1) is 0 Å². The molecule has 140 valence electrons. The molecular formula is C23H25FN2O. The van der Waals surface area contributed by atoms with Crippen LogP contribution in [0.5, 0.6) is 0 Å². The smallest absolute Gasteiger partial charge is 0.220 e. The van der Waals surface area contributed by atoms with Gasteiger partial charge in [-0.2, -0.15) is 0 Å². The average Bonchev–Trinajstić information content (AvgIpc) is 3.30. The molecule has 1 amide bonds. The van der Waals surface area contributed by atoms with Crippen molar-refractivity contribution in [2.24, 2.45) is 0 Å². The van der Waals surface area contributed by atoms with Gasteiger partial charge < -0.3 is 9.88 Å². The lowest BCUT2D eigenvalue weighted by atomic mass is 10.1. The standard InChI is InChI=1S/C23H25FN2O/c24-19-12-9-17(10-13-19)15-26-16-18(21-7-3-4-8-22(21)26)11-14-23(27)25-20-5-1-2-6-20/h3-4,7-10,12-13,16,20H,1-2,5-6,11,14-15H2,(H,25,27). The summed E-state index contributed by atoms with van der Waals surface area (Å²) in [6.07, 6.45) is 8.06. The third-order valence-electron chi connectivity index (χ3n) is 5.48. The van der Waals surface area contributed by atoms with Gasteiger partial charge in [0, 0.05) is 36.1 Å². The maximum atomic E-state index is 13.2. The highest BCUT2D eigenvalue weighted by Crippen LogP contribution is 2.24. The molecule has 4 heteroatoms. The van der Waals surface area contributed by atoms with Crippen molar-refractivity contribution in [3.8, 4) is 0 Å². The van der Waals surface area contributed by atoms with Crippen LogP contribution in [-0.2, 0) is 17.8 Å².